The smallest absolute Gasteiger partial charge is 0.408 e. The van der Waals surface area contributed by atoms with Gasteiger partial charge in [0.25, 0.3) is 0 Å². The molecule has 7 heteroatoms. The van der Waals surface area contributed by atoms with Crippen molar-refractivity contribution in [2.45, 2.75) is 45.8 Å². The molecule has 1 heterocycles. The highest BCUT2D eigenvalue weighted by atomic mass is 16.6. The van der Waals surface area contributed by atoms with Crippen LogP contribution in [0, 0.1) is 6.92 Å². The molecule has 0 fully saturated rings. The summed E-state index contributed by atoms with van der Waals surface area (Å²) in [6.07, 6.45) is 1.27. The van der Waals surface area contributed by atoms with E-state index in [1.165, 1.54) is 0 Å². The van der Waals surface area contributed by atoms with E-state index in [-0.39, 0.29) is 12.4 Å². The zero-order valence-corrected chi connectivity index (χ0v) is 19.7. The van der Waals surface area contributed by atoms with Crippen molar-refractivity contribution in [3.8, 4) is 5.75 Å². The standard InChI is InChI=1S/C28H27NO6/c1-3-4-14-23(29-28(32)33-17-19-10-6-5-7-11-19)27(31)34-24-16-15-21-20-12-8-9-13-22(20)26(30)35-25(21)18(24)2/h5-13,15-16,23H,3-4,14,17H2,1-2H3,(H,29,32). The van der Waals surface area contributed by atoms with Crippen molar-refractivity contribution in [2.24, 2.45) is 0 Å². The number of unbranched alkanes of at least 4 members (excludes halogenated alkanes) is 1. The number of aryl methyl sites for hydroxylation is 1. The summed E-state index contributed by atoms with van der Waals surface area (Å²) in [4.78, 5) is 37.8. The highest BCUT2D eigenvalue weighted by molar-refractivity contribution is 6.05. The van der Waals surface area contributed by atoms with Crippen LogP contribution in [0.4, 0.5) is 4.79 Å². The number of alkyl carbamates (subject to hydrolysis) is 1. The molecule has 1 N–H and O–H groups in total. The topological polar surface area (TPSA) is 94.8 Å². The fourth-order valence-corrected chi connectivity index (χ4v) is 3.92. The van der Waals surface area contributed by atoms with Crippen LogP contribution in [0.15, 0.2) is 75.9 Å². The Bertz CT molecular complexity index is 1410. The molecule has 0 aliphatic rings. The fraction of sp³-hybridized carbons (Fsp3) is 0.250. The summed E-state index contributed by atoms with van der Waals surface area (Å²) in [6, 6.07) is 19.0. The van der Waals surface area contributed by atoms with E-state index < -0.39 is 23.7 Å². The van der Waals surface area contributed by atoms with Gasteiger partial charge in [-0.1, -0.05) is 68.3 Å². The van der Waals surface area contributed by atoms with Crippen LogP contribution in [0.25, 0.3) is 21.7 Å². The number of hydrogen-bond acceptors (Lipinski definition) is 6. The third kappa shape index (κ3) is 5.51. The Morgan fingerprint density at radius 3 is 2.40 bits per heavy atom. The number of benzene rings is 3. The molecule has 180 valence electrons. The summed E-state index contributed by atoms with van der Waals surface area (Å²) in [5.74, 6) is -0.345. The second-order valence-corrected chi connectivity index (χ2v) is 8.32. The molecule has 35 heavy (non-hydrogen) atoms. The molecule has 1 amide bonds. The SMILES string of the molecule is CCCCC(NC(=O)OCc1ccccc1)C(=O)Oc1ccc2c(oc(=O)c3ccccc32)c1C. The Hall–Kier alpha value is -4.13. The molecule has 0 aliphatic carbocycles. The van der Waals surface area contributed by atoms with Crippen LogP contribution in [0.3, 0.4) is 0 Å². The summed E-state index contributed by atoms with van der Waals surface area (Å²) in [5.41, 5.74) is 1.28. The second-order valence-electron chi connectivity index (χ2n) is 8.32. The van der Waals surface area contributed by atoms with Gasteiger partial charge in [0, 0.05) is 10.9 Å². The van der Waals surface area contributed by atoms with Gasteiger partial charge < -0.3 is 19.2 Å². The number of rotatable bonds is 8. The number of carbonyl (C=O) groups excluding carboxylic acids is 2. The number of esters is 1. The van der Waals surface area contributed by atoms with Crippen LogP contribution >= 0.6 is 0 Å². The zero-order chi connectivity index (χ0) is 24.8. The Labute approximate surface area is 202 Å². The first-order chi connectivity index (χ1) is 17.0. The molecular formula is C28H27NO6. The average molecular weight is 474 g/mol. The van der Waals surface area contributed by atoms with E-state index in [1.807, 2.05) is 49.4 Å². The normalized spacial score (nSPS) is 11.8. The van der Waals surface area contributed by atoms with E-state index in [1.54, 1.807) is 31.2 Å². The van der Waals surface area contributed by atoms with E-state index in [4.69, 9.17) is 13.9 Å². The molecule has 4 rings (SSSR count). The maximum Gasteiger partial charge on any atom is 0.408 e. The molecule has 7 nitrogen and oxygen atoms in total. The Balaban J connectivity index is 1.52. The van der Waals surface area contributed by atoms with E-state index in [9.17, 15) is 14.4 Å². The predicted octanol–water partition coefficient (Wildman–Crippen LogP) is 5.65. The van der Waals surface area contributed by atoms with Gasteiger partial charge in [-0.15, -0.1) is 0 Å². The number of ether oxygens (including phenoxy) is 2. The van der Waals surface area contributed by atoms with Gasteiger partial charge in [-0.25, -0.2) is 14.4 Å². The molecule has 3 aromatic carbocycles. The quantitative estimate of drug-likeness (QED) is 0.154. The number of amides is 1. The van der Waals surface area contributed by atoms with Crippen molar-refractivity contribution in [1.82, 2.24) is 5.32 Å². The summed E-state index contributed by atoms with van der Waals surface area (Å²) < 4.78 is 16.5. The Morgan fingerprint density at radius 2 is 1.66 bits per heavy atom. The highest BCUT2D eigenvalue weighted by Gasteiger charge is 2.24. The minimum absolute atomic E-state index is 0.0962. The van der Waals surface area contributed by atoms with Crippen LogP contribution in [0.5, 0.6) is 5.75 Å². The van der Waals surface area contributed by atoms with Gasteiger partial charge in [0.2, 0.25) is 0 Å². The molecule has 0 aliphatic heterocycles. The third-order valence-corrected chi connectivity index (χ3v) is 5.83. The second kappa shape index (κ2) is 10.9. The first kappa shape index (κ1) is 24.0. The molecule has 0 saturated heterocycles. The van der Waals surface area contributed by atoms with E-state index in [0.29, 0.717) is 23.0 Å². The summed E-state index contributed by atoms with van der Waals surface area (Å²) in [6.45, 7) is 3.82. The van der Waals surface area contributed by atoms with Crippen molar-refractivity contribution in [2.75, 3.05) is 0 Å². The molecule has 0 radical (unpaired) electrons. The summed E-state index contributed by atoms with van der Waals surface area (Å²) in [5, 5.41) is 4.63. The Kier molecular flexibility index (Phi) is 7.45. The van der Waals surface area contributed by atoms with E-state index >= 15 is 0 Å². The lowest BCUT2D eigenvalue weighted by molar-refractivity contribution is -0.136. The first-order valence-corrected chi connectivity index (χ1v) is 11.6. The maximum atomic E-state index is 13.0. The van der Waals surface area contributed by atoms with Crippen molar-refractivity contribution in [3.63, 3.8) is 0 Å². The molecule has 4 aromatic rings. The number of carbonyl (C=O) groups is 2. The van der Waals surface area contributed by atoms with Crippen LogP contribution < -0.4 is 15.7 Å². The molecule has 1 unspecified atom stereocenters. The third-order valence-electron chi connectivity index (χ3n) is 5.83. The van der Waals surface area contributed by atoms with Crippen molar-refractivity contribution < 1.29 is 23.5 Å². The molecule has 0 saturated carbocycles. The average Bonchev–Trinajstić information content (AvgIpc) is 2.88. The van der Waals surface area contributed by atoms with Crippen LogP contribution in [0.1, 0.15) is 37.3 Å². The predicted molar refractivity (Wildman–Crippen MR) is 133 cm³/mol. The number of fused-ring (bicyclic) bond motifs is 3. The summed E-state index contributed by atoms with van der Waals surface area (Å²) >= 11 is 0. The lowest BCUT2D eigenvalue weighted by Crippen LogP contribution is -2.43. The monoisotopic (exact) mass is 473 g/mol. The lowest BCUT2D eigenvalue weighted by atomic mass is 10.0. The first-order valence-electron chi connectivity index (χ1n) is 11.6. The van der Waals surface area contributed by atoms with Gasteiger partial charge in [0.05, 0.1) is 5.39 Å². The highest BCUT2D eigenvalue weighted by Crippen LogP contribution is 2.31. The van der Waals surface area contributed by atoms with Gasteiger partial charge in [-0.3, -0.25) is 0 Å². The number of hydrogen-bond donors (Lipinski definition) is 1. The lowest BCUT2D eigenvalue weighted by Gasteiger charge is -2.18. The maximum absolute atomic E-state index is 13.0. The number of nitrogens with one attached hydrogen (secondary N) is 1. The minimum Gasteiger partial charge on any atom is -0.445 e. The molecule has 0 spiro atoms. The van der Waals surface area contributed by atoms with Gasteiger partial charge in [0.1, 0.15) is 24.0 Å². The molecule has 0 bridgehead atoms. The minimum atomic E-state index is -0.878. The van der Waals surface area contributed by atoms with Crippen LogP contribution in [0.2, 0.25) is 0 Å². The molecule has 1 atom stereocenters. The van der Waals surface area contributed by atoms with Crippen molar-refractivity contribution in [3.05, 3.63) is 88.3 Å². The zero-order valence-electron chi connectivity index (χ0n) is 19.7. The van der Waals surface area contributed by atoms with Gasteiger partial charge in [-0.05, 0) is 42.5 Å². The fourth-order valence-electron chi connectivity index (χ4n) is 3.92. The largest absolute Gasteiger partial charge is 0.445 e. The Morgan fingerprint density at radius 1 is 0.943 bits per heavy atom. The van der Waals surface area contributed by atoms with E-state index in [2.05, 4.69) is 5.32 Å². The van der Waals surface area contributed by atoms with Gasteiger partial charge in [0.15, 0.2) is 0 Å². The molecular weight excluding hydrogens is 446 g/mol. The van der Waals surface area contributed by atoms with E-state index in [0.717, 1.165) is 29.2 Å². The van der Waals surface area contributed by atoms with Gasteiger partial charge >= 0.3 is 17.7 Å². The van der Waals surface area contributed by atoms with Crippen LogP contribution in [-0.4, -0.2) is 18.1 Å². The van der Waals surface area contributed by atoms with Crippen LogP contribution in [-0.2, 0) is 16.1 Å². The van der Waals surface area contributed by atoms with Gasteiger partial charge in [-0.2, -0.15) is 0 Å². The van der Waals surface area contributed by atoms with Crippen molar-refractivity contribution >= 4 is 33.8 Å². The van der Waals surface area contributed by atoms with Crippen molar-refractivity contribution in [1.29, 1.82) is 0 Å². The molecule has 1 aromatic heterocycles. The summed E-state index contributed by atoms with van der Waals surface area (Å²) in [7, 11) is 0.